The van der Waals surface area contributed by atoms with Gasteiger partial charge in [0.05, 0.1) is 44.8 Å². The van der Waals surface area contributed by atoms with E-state index in [2.05, 4.69) is 15.2 Å². The van der Waals surface area contributed by atoms with Crippen LogP contribution in [0.3, 0.4) is 0 Å². The quantitative estimate of drug-likeness (QED) is 0.687. The van der Waals surface area contributed by atoms with Gasteiger partial charge in [-0.05, 0) is 31.4 Å². The minimum Gasteiger partial charge on any atom is -0.493 e. The lowest BCUT2D eigenvalue weighted by Gasteiger charge is -2.27. The summed E-state index contributed by atoms with van der Waals surface area (Å²) >= 11 is 0. The van der Waals surface area contributed by atoms with Crippen molar-refractivity contribution in [2.75, 3.05) is 56.1 Å². The number of hydrogen-bond acceptors (Lipinski definition) is 7. The van der Waals surface area contributed by atoms with E-state index >= 15 is 0 Å². The van der Waals surface area contributed by atoms with Gasteiger partial charge in [0, 0.05) is 38.2 Å². The molecule has 1 N–H and O–H groups in total. The summed E-state index contributed by atoms with van der Waals surface area (Å²) in [4.78, 5) is 34.0. The van der Waals surface area contributed by atoms with Gasteiger partial charge in [-0.3, -0.25) is 9.59 Å². The van der Waals surface area contributed by atoms with Crippen molar-refractivity contribution in [3.8, 4) is 17.2 Å². The zero-order valence-electron chi connectivity index (χ0n) is 19.3. The lowest BCUT2D eigenvalue weighted by molar-refractivity contribution is -0.122. The van der Waals surface area contributed by atoms with Crippen LogP contribution in [0.1, 0.15) is 25.7 Å². The van der Waals surface area contributed by atoms with Crippen molar-refractivity contribution in [2.45, 2.75) is 25.7 Å². The maximum Gasteiger partial charge on any atom is 0.229 e. The van der Waals surface area contributed by atoms with Gasteiger partial charge in [0.15, 0.2) is 11.5 Å². The van der Waals surface area contributed by atoms with Gasteiger partial charge >= 0.3 is 0 Å². The molecular formula is C24H30N4O5. The van der Waals surface area contributed by atoms with Crippen LogP contribution in [0, 0.1) is 5.92 Å². The summed E-state index contributed by atoms with van der Waals surface area (Å²) in [6.45, 7) is 2.29. The standard InChI is InChI=1S/C24H30N4O5/c1-31-19-12-18(13-20(32-2)23(19)33-3)28-15-16(11-22(28)29)24(30)26-17-7-8-21(25-14-17)27-9-5-4-6-10-27/h7-8,12-14,16H,4-6,9-11,15H2,1-3H3,(H,26,30). The molecule has 2 aliphatic heterocycles. The number of carbonyl (C=O) groups excluding carboxylic acids is 2. The average Bonchev–Trinajstić information content (AvgIpc) is 3.25. The summed E-state index contributed by atoms with van der Waals surface area (Å²) < 4.78 is 16.1. The number of carbonyl (C=O) groups is 2. The molecule has 1 aromatic heterocycles. The third kappa shape index (κ3) is 4.81. The van der Waals surface area contributed by atoms with E-state index in [0.717, 1.165) is 18.9 Å². The highest BCUT2D eigenvalue weighted by Crippen LogP contribution is 2.42. The predicted octanol–water partition coefficient (Wildman–Crippen LogP) is 3.09. The number of rotatable bonds is 7. The Kier molecular flexibility index (Phi) is 6.86. The Morgan fingerprint density at radius 1 is 1.03 bits per heavy atom. The molecule has 9 nitrogen and oxygen atoms in total. The fourth-order valence-corrected chi connectivity index (χ4v) is 4.37. The maximum atomic E-state index is 12.9. The second-order valence-electron chi connectivity index (χ2n) is 8.23. The van der Waals surface area contributed by atoms with Gasteiger partial charge in [-0.1, -0.05) is 0 Å². The summed E-state index contributed by atoms with van der Waals surface area (Å²) in [5.74, 6) is 1.47. The van der Waals surface area contributed by atoms with E-state index in [9.17, 15) is 9.59 Å². The maximum absolute atomic E-state index is 12.9. The van der Waals surface area contributed by atoms with E-state index in [0.29, 0.717) is 28.6 Å². The molecule has 1 atom stereocenters. The second-order valence-corrected chi connectivity index (χ2v) is 8.23. The molecule has 9 heteroatoms. The normalized spacial score (nSPS) is 18.3. The number of anilines is 3. The lowest BCUT2D eigenvalue weighted by atomic mass is 10.1. The number of aromatic nitrogens is 1. The van der Waals surface area contributed by atoms with Crippen molar-refractivity contribution in [2.24, 2.45) is 5.92 Å². The topological polar surface area (TPSA) is 93.2 Å². The number of methoxy groups -OCH3 is 3. The lowest BCUT2D eigenvalue weighted by Crippen LogP contribution is -2.30. The van der Waals surface area contributed by atoms with E-state index in [-0.39, 0.29) is 24.8 Å². The Morgan fingerprint density at radius 3 is 2.30 bits per heavy atom. The Bertz CT molecular complexity index is 979. The molecule has 0 saturated carbocycles. The Hall–Kier alpha value is -3.49. The third-order valence-corrected chi connectivity index (χ3v) is 6.15. The molecule has 2 aliphatic rings. The SMILES string of the molecule is COc1cc(N2CC(C(=O)Nc3ccc(N4CCCCC4)nc3)CC2=O)cc(OC)c1OC. The van der Waals surface area contributed by atoms with E-state index in [1.807, 2.05) is 12.1 Å². The number of ether oxygens (including phenoxy) is 3. The van der Waals surface area contributed by atoms with Crippen molar-refractivity contribution in [1.82, 2.24) is 4.98 Å². The van der Waals surface area contributed by atoms with Gasteiger partial charge in [0.1, 0.15) is 5.82 Å². The number of pyridine rings is 1. The highest BCUT2D eigenvalue weighted by atomic mass is 16.5. The Morgan fingerprint density at radius 2 is 1.73 bits per heavy atom. The number of nitrogens with zero attached hydrogens (tertiary/aromatic N) is 3. The fourth-order valence-electron chi connectivity index (χ4n) is 4.37. The molecule has 0 aliphatic carbocycles. The van der Waals surface area contributed by atoms with Crippen molar-refractivity contribution >= 4 is 29.0 Å². The molecule has 176 valence electrons. The molecule has 2 fully saturated rings. The van der Waals surface area contributed by atoms with E-state index < -0.39 is 5.92 Å². The molecule has 0 bridgehead atoms. The highest BCUT2D eigenvalue weighted by Gasteiger charge is 2.36. The highest BCUT2D eigenvalue weighted by molar-refractivity contribution is 6.03. The summed E-state index contributed by atoms with van der Waals surface area (Å²) in [5.41, 5.74) is 1.22. The molecule has 1 aromatic carbocycles. The molecule has 0 spiro atoms. The summed E-state index contributed by atoms with van der Waals surface area (Å²) in [6.07, 6.45) is 5.42. The van der Waals surface area contributed by atoms with Crippen LogP contribution < -0.4 is 29.3 Å². The fraction of sp³-hybridized carbons (Fsp3) is 0.458. The molecule has 0 radical (unpaired) electrons. The van der Waals surface area contributed by atoms with E-state index in [1.165, 1.54) is 40.6 Å². The van der Waals surface area contributed by atoms with E-state index in [4.69, 9.17) is 14.2 Å². The second kappa shape index (κ2) is 9.97. The molecule has 2 aromatic rings. The van der Waals surface area contributed by atoms with Crippen LogP contribution in [0.15, 0.2) is 30.5 Å². The molecule has 1 unspecified atom stereocenters. The van der Waals surface area contributed by atoms with Gasteiger partial charge in [-0.2, -0.15) is 0 Å². The van der Waals surface area contributed by atoms with Crippen LogP contribution >= 0.6 is 0 Å². The zero-order valence-corrected chi connectivity index (χ0v) is 19.3. The molecule has 33 heavy (non-hydrogen) atoms. The van der Waals surface area contributed by atoms with Gasteiger partial charge in [-0.15, -0.1) is 0 Å². The Labute approximate surface area is 193 Å². The van der Waals surface area contributed by atoms with Crippen LogP contribution in [-0.4, -0.2) is 57.8 Å². The number of hydrogen-bond donors (Lipinski definition) is 1. The molecular weight excluding hydrogens is 424 g/mol. The average molecular weight is 455 g/mol. The molecule has 2 saturated heterocycles. The van der Waals surface area contributed by atoms with Crippen molar-refractivity contribution in [3.05, 3.63) is 30.5 Å². The first-order valence-corrected chi connectivity index (χ1v) is 11.2. The predicted molar refractivity (Wildman–Crippen MR) is 125 cm³/mol. The largest absolute Gasteiger partial charge is 0.493 e. The number of nitrogens with one attached hydrogen (secondary N) is 1. The van der Waals surface area contributed by atoms with E-state index in [1.54, 1.807) is 23.2 Å². The third-order valence-electron chi connectivity index (χ3n) is 6.15. The molecule has 3 heterocycles. The van der Waals surface area contributed by atoms with Crippen molar-refractivity contribution in [1.29, 1.82) is 0 Å². The minimum absolute atomic E-state index is 0.127. The van der Waals surface area contributed by atoms with Crippen LogP contribution in [-0.2, 0) is 9.59 Å². The van der Waals surface area contributed by atoms with Crippen LogP contribution in [0.5, 0.6) is 17.2 Å². The number of piperidine rings is 1. The first kappa shape index (κ1) is 22.7. The first-order valence-electron chi connectivity index (χ1n) is 11.2. The van der Waals surface area contributed by atoms with Crippen LogP contribution in [0.2, 0.25) is 0 Å². The number of amides is 2. The van der Waals surface area contributed by atoms with Crippen molar-refractivity contribution in [3.63, 3.8) is 0 Å². The van der Waals surface area contributed by atoms with Crippen LogP contribution in [0.25, 0.3) is 0 Å². The summed E-state index contributed by atoms with van der Waals surface area (Å²) in [7, 11) is 4.57. The van der Waals surface area contributed by atoms with Gasteiger partial charge < -0.3 is 29.3 Å². The molecule has 2 amide bonds. The minimum atomic E-state index is -0.474. The number of benzene rings is 1. The van der Waals surface area contributed by atoms with Crippen molar-refractivity contribution < 1.29 is 23.8 Å². The molecule has 4 rings (SSSR count). The van der Waals surface area contributed by atoms with Crippen LogP contribution in [0.4, 0.5) is 17.2 Å². The van der Waals surface area contributed by atoms with Gasteiger partial charge in [0.2, 0.25) is 17.6 Å². The Balaban J connectivity index is 1.43. The summed E-state index contributed by atoms with van der Waals surface area (Å²) in [5, 5.41) is 2.90. The zero-order chi connectivity index (χ0) is 23.4. The first-order chi connectivity index (χ1) is 16.0. The van der Waals surface area contributed by atoms with Gasteiger partial charge in [0.25, 0.3) is 0 Å². The monoisotopic (exact) mass is 454 g/mol. The van der Waals surface area contributed by atoms with Gasteiger partial charge in [-0.25, -0.2) is 4.98 Å². The summed E-state index contributed by atoms with van der Waals surface area (Å²) in [6, 6.07) is 7.22. The smallest absolute Gasteiger partial charge is 0.229 e.